The van der Waals surface area contributed by atoms with Gasteiger partial charge in [0.2, 0.25) is 0 Å². The van der Waals surface area contributed by atoms with Gasteiger partial charge in [-0.1, -0.05) is 0 Å². The molecule has 0 aliphatic carbocycles. The highest BCUT2D eigenvalue weighted by atomic mass is 19.3. The fourth-order valence-corrected chi connectivity index (χ4v) is 0.669. The minimum Gasteiger partial charge on any atom is -0.433 e. The van der Waals surface area contributed by atoms with Crippen LogP contribution in [0.25, 0.3) is 0 Å². The summed E-state index contributed by atoms with van der Waals surface area (Å²) in [4.78, 5) is 3.64. The van der Waals surface area contributed by atoms with Gasteiger partial charge in [0.1, 0.15) is 5.75 Å². The Morgan fingerprint density at radius 2 is 2.27 bits per heavy atom. The summed E-state index contributed by atoms with van der Waals surface area (Å²) >= 11 is 0. The third kappa shape index (κ3) is 2.14. The van der Waals surface area contributed by atoms with Crippen LogP contribution in [0.3, 0.4) is 0 Å². The number of nitrogens with zero attached hydrogens (tertiary/aromatic N) is 1. The number of aromatic nitrogens is 1. The first-order chi connectivity index (χ1) is 5.20. The molecule has 0 aliphatic rings. The lowest BCUT2D eigenvalue weighted by molar-refractivity contribution is -0.0505. The molecule has 0 amide bonds. The summed E-state index contributed by atoms with van der Waals surface area (Å²) in [6.07, 6.45) is 2.79. The minimum absolute atomic E-state index is 0.127. The standard InChI is InChI=1S/C7H7F2NO/c1-5-2-3-10-4-6(5)11-7(8)9/h2-4,7H,1H3. The monoisotopic (exact) mass is 159 g/mol. The highest BCUT2D eigenvalue weighted by molar-refractivity contribution is 5.27. The van der Waals surface area contributed by atoms with Crippen molar-refractivity contribution in [3.05, 3.63) is 24.0 Å². The molecule has 0 atom stereocenters. The van der Waals surface area contributed by atoms with Crippen LogP contribution in [0.4, 0.5) is 8.78 Å². The molecule has 0 bridgehead atoms. The van der Waals surface area contributed by atoms with Crippen molar-refractivity contribution < 1.29 is 13.5 Å². The second kappa shape index (κ2) is 3.27. The van der Waals surface area contributed by atoms with Crippen LogP contribution in [0.5, 0.6) is 5.75 Å². The summed E-state index contributed by atoms with van der Waals surface area (Å²) in [6, 6.07) is 1.61. The van der Waals surface area contributed by atoms with Gasteiger partial charge in [-0.25, -0.2) is 0 Å². The van der Waals surface area contributed by atoms with Crippen molar-refractivity contribution in [2.45, 2.75) is 13.5 Å². The second-order valence-electron chi connectivity index (χ2n) is 2.02. The molecule has 0 radical (unpaired) electrons. The Kier molecular flexibility index (Phi) is 2.36. The first kappa shape index (κ1) is 7.91. The number of hydrogen-bond donors (Lipinski definition) is 0. The molecule has 1 aromatic rings. The number of halogens is 2. The Hall–Kier alpha value is -1.19. The zero-order valence-corrected chi connectivity index (χ0v) is 5.92. The van der Waals surface area contributed by atoms with Crippen LogP contribution in [0.15, 0.2) is 18.5 Å². The summed E-state index contributed by atoms with van der Waals surface area (Å²) in [7, 11) is 0. The van der Waals surface area contributed by atoms with E-state index >= 15 is 0 Å². The van der Waals surface area contributed by atoms with Crippen molar-refractivity contribution in [2.75, 3.05) is 0 Å². The van der Waals surface area contributed by atoms with Gasteiger partial charge in [0.25, 0.3) is 0 Å². The molecule has 4 heteroatoms. The lowest BCUT2D eigenvalue weighted by atomic mass is 10.3. The van der Waals surface area contributed by atoms with Crippen LogP contribution in [0.2, 0.25) is 0 Å². The number of rotatable bonds is 2. The highest BCUT2D eigenvalue weighted by Crippen LogP contribution is 2.16. The first-order valence-corrected chi connectivity index (χ1v) is 3.05. The summed E-state index contributed by atoms with van der Waals surface area (Å²) in [5, 5.41) is 0. The Morgan fingerprint density at radius 3 is 2.82 bits per heavy atom. The van der Waals surface area contributed by atoms with Crippen molar-refractivity contribution in [1.82, 2.24) is 4.98 Å². The first-order valence-electron chi connectivity index (χ1n) is 3.05. The van der Waals surface area contributed by atoms with Crippen molar-refractivity contribution in [1.29, 1.82) is 0 Å². The van der Waals surface area contributed by atoms with E-state index in [1.807, 2.05) is 0 Å². The van der Waals surface area contributed by atoms with Crippen LogP contribution in [0, 0.1) is 6.92 Å². The van der Waals surface area contributed by atoms with Gasteiger partial charge in [0, 0.05) is 6.20 Å². The summed E-state index contributed by atoms with van der Waals surface area (Å²) in [5.41, 5.74) is 0.653. The number of pyridine rings is 1. The molecular weight excluding hydrogens is 152 g/mol. The number of aryl methyl sites for hydroxylation is 1. The SMILES string of the molecule is Cc1ccncc1OC(F)F. The van der Waals surface area contributed by atoms with Gasteiger partial charge in [-0.15, -0.1) is 0 Å². The molecule has 0 spiro atoms. The molecule has 0 aromatic carbocycles. The fraction of sp³-hybridized carbons (Fsp3) is 0.286. The number of ether oxygens (including phenoxy) is 1. The van der Waals surface area contributed by atoms with Gasteiger partial charge < -0.3 is 4.74 Å². The van der Waals surface area contributed by atoms with Crippen LogP contribution in [-0.2, 0) is 0 Å². The van der Waals surface area contributed by atoms with E-state index in [-0.39, 0.29) is 5.75 Å². The van der Waals surface area contributed by atoms with Crippen LogP contribution in [-0.4, -0.2) is 11.6 Å². The molecule has 60 valence electrons. The van der Waals surface area contributed by atoms with Gasteiger partial charge in [-0.05, 0) is 18.6 Å². The Morgan fingerprint density at radius 1 is 1.55 bits per heavy atom. The van der Waals surface area contributed by atoms with E-state index in [1.165, 1.54) is 12.4 Å². The molecular formula is C7H7F2NO. The molecule has 1 rings (SSSR count). The molecule has 2 nitrogen and oxygen atoms in total. The van der Waals surface area contributed by atoms with Crippen molar-refractivity contribution in [3.63, 3.8) is 0 Å². The van der Waals surface area contributed by atoms with Crippen molar-refractivity contribution >= 4 is 0 Å². The van der Waals surface area contributed by atoms with Crippen molar-refractivity contribution in [2.24, 2.45) is 0 Å². The molecule has 0 N–H and O–H groups in total. The lowest BCUT2D eigenvalue weighted by Crippen LogP contribution is -2.03. The van der Waals surface area contributed by atoms with Crippen LogP contribution >= 0.6 is 0 Å². The number of hydrogen-bond acceptors (Lipinski definition) is 2. The van der Waals surface area contributed by atoms with E-state index in [9.17, 15) is 8.78 Å². The van der Waals surface area contributed by atoms with E-state index in [0.717, 1.165) is 0 Å². The second-order valence-corrected chi connectivity index (χ2v) is 2.02. The Balaban J connectivity index is 2.78. The van der Waals surface area contributed by atoms with Gasteiger partial charge in [-0.3, -0.25) is 4.98 Å². The van der Waals surface area contributed by atoms with Gasteiger partial charge in [-0.2, -0.15) is 8.78 Å². The zero-order chi connectivity index (χ0) is 8.27. The largest absolute Gasteiger partial charge is 0.433 e. The van der Waals surface area contributed by atoms with E-state index in [1.54, 1.807) is 13.0 Å². The topological polar surface area (TPSA) is 22.1 Å². The van der Waals surface area contributed by atoms with Crippen LogP contribution < -0.4 is 4.74 Å². The maximum atomic E-state index is 11.7. The highest BCUT2D eigenvalue weighted by Gasteiger charge is 2.05. The van der Waals surface area contributed by atoms with E-state index in [0.29, 0.717) is 5.56 Å². The molecule has 0 saturated heterocycles. The lowest BCUT2D eigenvalue weighted by Gasteiger charge is -2.05. The minimum atomic E-state index is -2.78. The molecule has 0 aliphatic heterocycles. The van der Waals surface area contributed by atoms with E-state index in [2.05, 4.69) is 9.72 Å². The van der Waals surface area contributed by atoms with Crippen LogP contribution in [0.1, 0.15) is 5.56 Å². The smallest absolute Gasteiger partial charge is 0.387 e. The molecule has 1 aromatic heterocycles. The third-order valence-corrected chi connectivity index (χ3v) is 1.21. The molecule has 0 fully saturated rings. The Labute approximate surface area is 62.8 Å². The maximum Gasteiger partial charge on any atom is 0.387 e. The molecule has 0 saturated carbocycles. The third-order valence-electron chi connectivity index (χ3n) is 1.21. The average Bonchev–Trinajstić information content (AvgIpc) is 1.93. The van der Waals surface area contributed by atoms with Crippen molar-refractivity contribution in [3.8, 4) is 5.75 Å². The summed E-state index contributed by atoms with van der Waals surface area (Å²) < 4.78 is 27.5. The molecule has 11 heavy (non-hydrogen) atoms. The fourth-order valence-electron chi connectivity index (χ4n) is 0.669. The number of alkyl halides is 2. The molecule has 0 unspecified atom stereocenters. The maximum absolute atomic E-state index is 11.7. The summed E-state index contributed by atoms with van der Waals surface area (Å²) in [6.45, 7) is -1.10. The normalized spacial score (nSPS) is 10.2. The average molecular weight is 159 g/mol. The summed E-state index contributed by atoms with van der Waals surface area (Å²) in [5.74, 6) is 0.127. The predicted molar refractivity (Wildman–Crippen MR) is 35.6 cm³/mol. The van der Waals surface area contributed by atoms with Gasteiger partial charge >= 0.3 is 6.61 Å². The molecule has 1 heterocycles. The van der Waals surface area contributed by atoms with Gasteiger partial charge in [0.15, 0.2) is 0 Å². The van der Waals surface area contributed by atoms with E-state index in [4.69, 9.17) is 0 Å². The zero-order valence-electron chi connectivity index (χ0n) is 5.92. The van der Waals surface area contributed by atoms with E-state index < -0.39 is 6.61 Å². The predicted octanol–water partition coefficient (Wildman–Crippen LogP) is 1.99. The quantitative estimate of drug-likeness (QED) is 0.658. The van der Waals surface area contributed by atoms with Gasteiger partial charge in [0.05, 0.1) is 6.20 Å². The Bertz CT molecular complexity index is 240.